The third-order valence-corrected chi connectivity index (χ3v) is 4.12. The van der Waals surface area contributed by atoms with Gasteiger partial charge in [-0.05, 0) is 24.1 Å². The number of hydrogen-bond acceptors (Lipinski definition) is 5. The number of urea groups is 1. The van der Waals surface area contributed by atoms with Crippen molar-refractivity contribution in [3.63, 3.8) is 0 Å². The van der Waals surface area contributed by atoms with Gasteiger partial charge in [0.2, 0.25) is 0 Å². The number of hydrogen-bond donors (Lipinski definition) is 3. The minimum absolute atomic E-state index is 0.193. The zero-order valence-electron chi connectivity index (χ0n) is 14.4. The summed E-state index contributed by atoms with van der Waals surface area (Å²) in [6.07, 6.45) is 2.35. The Balaban J connectivity index is 2.41. The van der Waals surface area contributed by atoms with Gasteiger partial charge in [0.15, 0.2) is 0 Å². The third kappa shape index (κ3) is 5.06. The van der Waals surface area contributed by atoms with E-state index in [4.69, 9.17) is 11.6 Å². The van der Waals surface area contributed by atoms with Crippen molar-refractivity contribution in [3.8, 4) is 0 Å². The molecule has 2 aromatic rings. The lowest BCUT2D eigenvalue weighted by Gasteiger charge is -2.17. The number of aromatic nitrogens is 2. The van der Waals surface area contributed by atoms with Crippen LogP contribution in [0, 0.1) is 0 Å². The number of nitrogens with zero attached hydrogens (tertiary/aromatic N) is 2. The molecule has 26 heavy (non-hydrogen) atoms. The Hall–Kier alpha value is -2.39. The topological polar surface area (TPSA) is 97.2 Å². The number of carbonyl (C=O) groups excluding carboxylic acids is 1. The minimum atomic E-state index is -0.499. The van der Waals surface area contributed by atoms with E-state index in [2.05, 4.69) is 15.6 Å². The quantitative estimate of drug-likeness (QED) is 0.490. The van der Waals surface area contributed by atoms with Crippen LogP contribution in [0.4, 0.5) is 10.6 Å². The zero-order valence-corrected chi connectivity index (χ0v) is 16.0. The minimum Gasteiger partial charge on any atom is -0.282 e. The molecule has 2 amide bonds. The maximum absolute atomic E-state index is 12.8. The summed E-state index contributed by atoms with van der Waals surface area (Å²) in [7, 11) is 0. The lowest BCUT2D eigenvalue weighted by atomic mass is 10.2. The first-order chi connectivity index (χ1) is 12.5. The van der Waals surface area contributed by atoms with E-state index >= 15 is 0 Å². The summed E-state index contributed by atoms with van der Waals surface area (Å²) in [4.78, 5) is 36.6. The summed E-state index contributed by atoms with van der Waals surface area (Å²) >= 11 is 7.02. The van der Waals surface area contributed by atoms with E-state index in [1.165, 1.54) is 15.2 Å². The number of halogens is 1. The van der Waals surface area contributed by atoms with Crippen molar-refractivity contribution in [2.75, 3.05) is 11.7 Å². The van der Waals surface area contributed by atoms with Crippen molar-refractivity contribution in [2.45, 2.75) is 26.4 Å². The van der Waals surface area contributed by atoms with E-state index in [0.717, 1.165) is 17.5 Å². The van der Waals surface area contributed by atoms with Crippen LogP contribution in [0.3, 0.4) is 0 Å². The fraction of sp³-hybridized carbons (Fsp3) is 0.312. The van der Waals surface area contributed by atoms with Gasteiger partial charge in [-0.15, -0.1) is 0 Å². The Morgan fingerprint density at radius 1 is 1.19 bits per heavy atom. The molecule has 0 saturated heterocycles. The second kappa shape index (κ2) is 9.35. The number of amides is 2. The molecule has 1 heterocycles. The number of anilines is 1. The molecule has 0 aliphatic carbocycles. The maximum atomic E-state index is 12.8. The van der Waals surface area contributed by atoms with Crippen molar-refractivity contribution >= 4 is 35.4 Å². The molecule has 2 rings (SSSR count). The van der Waals surface area contributed by atoms with Crippen LogP contribution in [0.2, 0.25) is 5.02 Å². The standard InChI is InChI=1S/C16H20ClN5O3S/c1-3-8-21-14(23)9-13(18-19-15(24)20-26-2)22(16(21)25)10-11-4-6-12(17)7-5-11/h4-7,9,18H,3,8,10H2,1-2H3,(H2,19,20,24). The van der Waals surface area contributed by atoms with Crippen LogP contribution >= 0.6 is 23.5 Å². The summed E-state index contributed by atoms with van der Waals surface area (Å²) in [6.45, 7) is 2.42. The van der Waals surface area contributed by atoms with E-state index in [1.54, 1.807) is 30.5 Å². The van der Waals surface area contributed by atoms with Gasteiger partial charge in [-0.3, -0.25) is 24.1 Å². The molecule has 0 unspecified atom stereocenters. The maximum Gasteiger partial charge on any atom is 0.343 e. The second-order valence-electron chi connectivity index (χ2n) is 5.40. The molecule has 0 bridgehead atoms. The fourth-order valence-electron chi connectivity index (χ4n) is 2.31. The van der Waals surface area contributed by atoms with Crippen LogP contribution in [0.1, 0.15) is 18.9 Å². The van der Waals surface area contributed by atoms with Crippen LogP contribution in [0.15, 0.2) is 39.9 Å². The molecule has 0 aliphatic heterocycles. The van der Waals surface area contributed by atoms with Gasteiger partial charge in [0.1, 0.15) is 5.82 Å². The normalized spacial score (nSPS) is 10.4. The molecule has 1 aromatic carbocycles. The largest absolute Gasteiger partial charge is 0.343 e. The number of hydrazine groups is 1. The van der Waals surface area contributed by atoms with Gasteiger partial charge in [0.25, 0.3) is 5.56 Å². The monoisotopic (exact) mass is 397 g/mol. The first kappa shape index (κ1) is 19.9. The van der Waals surface area contributed by atoms with Crippen molar-refractivity contribution in [1.29, 1.82) is 0 Å². The molecule has 0 radical (unpaired) electrons. The highest BCUT2D eigenvalue weighted by Gasteiger charge is 2.12. The van der Waals surface area contributed by atoms with Gasteiger partial charge in [-0.25, -0.2) is 15.0 Å². The van der Waals surface area contributed by atoms with Crippen molar-refractivity contribution in [3.05, 3.63) is 61.8 Å². The molecular weight excluding hydrogens is 378 g/mol. The lowest BCUT2D eigenvalue weighted by molar-refractivity contribution is 0.248. The number of benzene rings is 1. The van der Waals surface area contributed by atoms with Gasteiger partial charge < -0.3 is 0 Å². The van der Waals surface area contributed by atoms with Gasteiger partial charge in [0, 0.05) is 23.9 Å². The SMILES string of the molecule is CCCn1c(=O)cc(NNC(=O)NSC)n(Cc2ccc(Cl)cc2)c1=O. The van der Waals surface area contributed by atoms with Crippen LogP contribution in [-0.2, 0) is 13.1 Å². The molecule has 0 spiro atoms. The molecule has 3 N–H and O–H groups in total. The predicted molar refractivity (Wildman–Crippen MR) is 105 cm³/mol. The van der Waals surface area contributed by atoms with E-state index < -0.39 is 17.3 Å². The third-order valence-electron chi connectivity index (χ3n) is 3.48. The first-order valence-electron chi connectivity index (χ1n) is 7.90. The summed E-state index contributed by atoms with van der Waals surface area (Å²) in [5.41, 5.74) is 4.96. The molecule has 0 fully saturated rings. The molecular formula is C16H20ClN5O3S. The Labute approximate surface area is 159 Å². The summed E-state index contributed by atoms with van der Waals surface area (Å²) < 4.78 is 5.03. The van der Waals surface area contributed by atoms with Crippen molar-refractivity contribution in [2.24, 2.45) is 0 Å². The van der Waals surface area contributed by atoms with Crippen molar-refractivity contribution < 1.29 is 4.79 Å². The van der Waals surface area contributed by atoms with Crippen LogP contribution < -0.4 is 26.8 Å². The van der Waals surface area contributed by atoms with E-state index in [1.807, 2.05) is 6.92 Å². The van der Waals surface area contributed by atoms with Gasteiger partial charge in [0.05, 0.1) is 6.54 Å². The lowest BCUT2D eigenvalue weighted by Crippen LogP contribution is -2.43. The summed E-state index contributed by atoms with van der Waals surface area (Å²) in [6, 6.07) is 7.82. The number of rotatable bonds is 7. The van der Waals surface area contributed by atoms with Gasteiger partial charge >= 0.3 is 11.7 Å². The number of nitrogens with one attached hydrogen (secondary N) is 3. The van der Waals surface area contributed by atoms with Crippen LogP contribution in [-0.4, -0.2) is 21.4 Å². The van der Waals surface area contributed by atoms with E-state index in [9.17, 15) is 14.4 Å². The second-order valence-corrected chi connectivity index (χ2v) is 6.45. The molecule has 10 heteroatoms. The fourth-order valence-corrected chi connectivity index (χ4v) is 2.68. The average Bonchev–Trinajstić information content (AvgIpc) is 2.61. The summed E-state index contributed by atoms with van der Waals surface area (Å²) in [5.74, 6) is 0.193. The summed E-state index contributed by atoms with van der Waals surface area (Å²) in [5, 5.41) is 0.589. The van der Waals surface area contributed by atoms with Gasteiger partial charge in [-0.1, -0.05) is 42.6 Å². The Bertz CT molecular complexity index is 879. The Morgan fingerprint density at radius 2 is 1.88 bits per heavy atom. The zero-order chi connectivity index (χ0) is 19.1. The highest BCUT2D eigenvalue weighted by molar-refractivity contribution is 7.97. The Morgan fingerprint density at radius 3 is 2.50 bits per heavy atom. The molecule has 0 saturated carbocycles. The van der Waals surface area contributed by atoms with E-state index in [-0.39, 0.29) is 12.4 Å². The smallest absolute Gasteiger partial charge is 0.282 e. The van der Waals surface area contributed by atoms with Gasteiger partial charge in [-0.2, -0.15) is 0 Å². The molecule has 140 valence electrons. The molecule has 0 aliphatic rings. The first-order valence-corrected chi connectivity index (χ1v) is 9.50. The average molecular weight is 398 g/mol. The molecule has 1 aromatic heterocycles. The number of carbonyl (C=O) groups is 1. The van der Waals surface area contributed by atoms with Crippen LogP contribution in [0.25, 0.3) is 0 Å². The van der Waals surface area contributed by atoms with E-state index in [0.29, 0.717) is 18.0 Å². The predicted octanol–water partition coefficient (Wildman–Crippen LogP) is 2.03. The molecule has 8 nitrogen and oxygen atoms in total. The van der Waals surface area contributed by atoms with Crippen LogP contribution in [0.5, 0.6) is 0 Å². The Kier molecular flexibility index (Phi) is 7.16. The highest BCUT2D eigenvalue weighted by atomic mass is 35.5. The molecule has 0 atom stereocenters. The van der Waals surface area contributed by atoms with Crippen molar-refractivity contribution in [1.82, 2.24) is 19.3 Å². The highest BCUT2D eigenvalue weighted by Crippen LogP contribution is 2.12.